The maximum absolute atomic E-state index is 12.1. The number of imidazole rings is 1. The lowest BCUT2D eigenvalue weighted by atomic mass is 10.2. The number of amides is 1. The Morgan fingerprint density at radius 3 is 2.73 bits per heavy atom. The van der Waals surface area contributed by atoms with Crippen molar-refractivity contribution in [2.75, 3.05) is 5.32 Å². The van der Waals surface area contributed by atoms with Crippen LogP contribution >= 0.6 is 0 Å². The van der Waals surface area contributed by atoms with E-state index in [9.17, 15) is 4.79 Å². The van der Waals surface area contributed by atoms with Gasteiger partial charge >= 0.3 is 0 Å². The number of nitrogens with one attached hydrogen (secondary N) is 1. The summed E-state index contributed by atoms with van der Waals surface area (Å²) >= 11 is 0. The molecule has 0 aliphatic rings. The van der Waals surface area contributed by atoms with E-state index < -0.39 is 0 Å². The van der Waals surface area contributed by atoms with Gasteiger partial charge in [0.1, 0.15) is 12.4 Å². The molecule has 22 heavy (non-hydrogen) atoms. The van der Waals surface area contributed by atoms with Crippen molar-refractivity contribution < 1.29 is 4.79 Å². The number of hydrogen-bond acceptors (Lipinski definition) is 4. The van der Waals surface area contributed by atoms with Crippen LogP contribution < -0.4 is 5.32 Å². The molecular formula is C15H16N6O. The van der Waals surface area contributed by atoms with Crippen LogP contribution in [0, 0.1) is 6.92 Å². The highest BCUT2D eigenvalue weighted by Crippen LogP contribution is 2.18. The second kappa shape index (κ2) is 5.80. The number of carbonyl (C=O) groups excluding carboxylic acids is 1. The lowest BCUT2D eigenvalue weighted by Crippen LogP contribution is -2.19. The summed E-state index contributed by atoms with van der Waals surface area (Å²) in [5, 5.41) is 10.7. The molecule has 112 valence electrons. The van der Waals surface area contributed by atoms with Crippen LogP contribution in [0.3, 0.4) is 0 Å². The van der Waals surface area contributed by atoms with Gasteiger partial charge in [0.05, 0.1) is 11.9 Å². The summed E-state index contributed by atoms with van der Waals surface area (Å²) in [5.41, 5.74) is 1.84. The quantitative estimate of drug-likeness (QED) is 0.793. The molecule has 3 aromatic rings. The molecule has 1 aromatic carbocycles. The van der Waals surface area contributed by atoms with E-state index in [1.165, 1.54) is 11.0 Å². The molecule has 2 aromatic heterocycles. The largest absolute Gasteiger partial charge is 0.321 e. The minimum absolute atomic E-state index is 0.168. The first-order valence-electron chi connectivity index (χ1n) is 6.87. The molecule has 1 amide bonds. The number of carbonyl (C=O) groups is 1. The van der Waals surface area contributed by atoms with Crippen LogP contribution in [0.25, 0.3) is 11.4 Å². The number of anilines is 1. The standard InChI is InChI=1S/C15H16N6O/c1-11-9-21(15(17-11)12-6-4-3-5-7-12)10-14(22)18-13-8-16-20(2)19-13/h3-9H,10H2,1-2H3,(H,18,19,22). The Morgan fingerprint density at radius 2 is 2.05 bits per heavy atom. The molecule has 0 atom stereocenters. The molecule has 0 saturated heterocycles. The second-order valence-corrected chi connectivity index (χ2v) is 4.97. The first kappa shape index (κ1) is 14.0. The van der Waals surface area contributed by atoms with Gasteiger partial charge in [0.15, 0.2) is 5.82 Å². The van der Waals surface area contributed by atoms with E-state index >= 15 is 0 Å². The topological polar surface area (TPSA) is 77.6 Å². The normalized spacial score (nSPS) is 10.6. The molecule has 0 fully saturated rings. The smallest absolute Gasteiger partial charge is 0.245 e. The van der Waals surface area contributed by atoms with Crippen molar-refractivity contribution in [1.29, 1.82) is 0 Å². The highest BCUT2D eigenvalue weighted by Gasteiger charge is 2.12. The number of aromatic nitrogens is 5. The van der Waals surface area contributed by atoms with Crippen molar-refractivity contribution in [2.24, 2.45) is 7.05 Å². The van der Waals surface area contributed by atoms with Gasteiger partial charge in [0.25, 0.3) is 0 Å². The summed E-state index contributed by atoms with van der Waals surface area (Å²) in [6, 6.07) is 9.79. The van der Waals surface area contributed by atoms with Gasteiger partial charge in [-0.05, 0) is 6.92 Å². The summed E-state index contributed by atoms with van der Waals surface area (Å²) in [4.78, 5) is 18.0. The molecule has 0 saturated carbocycles. The zero-order valence-corrected chi connectivity index (χ0v) is 12.4. The fourth-order valence-corrected chi connectivity index (χ4v) is 2.23. The molecule has 0 bridgehead atoms. The van der Waals surface area contributed by atoms with Crippen LogP contribution in [-0.2, 0) is 18.4 Å². The molecule has 0 aliphatic carbocycles. The average molecular weight is 296 g/mol. The first-order chi connectivity index (χ1) is 10.6. The zero-order chi connectivity index (χ0) is 15.5. The molecule has 0 radical (unpaired) electrons. The van der Waals surface area contributed by atoms with Gasteiger partial charge in [-0.1, -0.05) is 30.3 Å². The van der Waals surface area contributed by atoms with Crippen molar-refractivity contribution >= 4 is 11.7 Å². The highest BCUT2D eigenvalue weighted by molar-refractivity contribution is 5.89. The minimum Gasteiger partial charge on any atom is -0.321 e. The van der Waals surface area contributed by atoms with Gasteiger partial charge < -0.3 is 9.88 Å². The third kappa shape index (κ3) is 3.03. The number of aryl methyl sites for hydroxylation is 2. The summed E-state index contributed by atoms with van der Waals surface area (Å²) < 4.78 is 1.83. The number of hydrogen-bond donors (Lipinski definition) is 1. The van der Waals surface area contributed by atoms with E-state index in [0.29, 0.717) is 5.82 Å². The van der Waals surface area contributed by atoms with Gasteiger partial charge in [-0.15, -0.1) is 5.10 Å². The van der Waals surface area contributed by atoms with Gasteiger partial charge in [-0.25, -0.2) is 4.98 Å². The van der Waals surface area contributed by atoms with Crippen molar-refractivity contribution in [3.8, 4) is 11.4 Å². The van der Waals surface area contributed by atoms with Gasteiger partial charge in [-0.2, -0.15) is 9.90 Å². The summed E-state index contributed by atoms with van der Waals surface area (Å²) in [7, 11) is 1.70. The van der Waals surface area contributed by atoms with Crippen molar-refractivity contribution in [3.63, 3.8) is 0 Å². The summed E-state index contributed by atoms with van der Waals surface area (Å²) in [5.74, 6) is 1.04. The van der Waals surface area contributed by atoms with E-state index in [1.54, 1.807) is 7.05 Å². The molecular weight excluding hydrogens is 280 g/mol. The maximum Gasteiger partial charge on any atom is 0.245 e. The van der Waals surface area contributed by atoms with Crippen LogP contribution in [0.1, 0.15) is 5.69 Å². The maximum atomic E-state index is 12.1. The number of rotatable bonds is 4. The molecule has 7 heteroatoms. The highest BCUT2D eigenvalue weighted by atomic mass is 16.2. The monoisotopic (exact) mass is 296 g/mol. The van der Waals surface area contributed by atoms with E-state index in [0.717, 1.165) is 17.1 Å². The average Bonchev–Trinajstić information content (AvgIpc) is 3.06. The second-order valence-electron chi connectivity index (χ2n) is 4.97. The first-order valence-corrected chi connectivity index (χ1v) is 6.87. The van der Waals surface area contributed by atoms with Gasteiger partial charge in [-0.3, -0.25) is 4.79 Å². The number of nitrogens with zero attached hydrogens (tertiary/aromatic N) is 5. The van der Waals surface area contributed by atoms with Crippen LogP contribution in [0.4, 0.5) is 5.82 Å². The van der Waals surface area contributed by atoms with Crippen molar-refractivity contribution in [2.45, 2.75) is 13.5 Å². The van der Waals surface area contributed by atoms with Gasteiger partial charge in [0.2, 0.25) is 5.91 Å². The Labute approximate surface area is 127 Å². The molecule has 1 N–H and O–H groups in total. The SMILES string of the molecule is Cc1cn(CC(=O)Nc2cnn(C)n2)c(-c2ccccc2)n1. The fraction of sp³-hybridized carbons (Fsp3) is 0.200. The molecule has 3 rings (SSSR count). The van der Waals surface area contributed by atoms with E-state index in [-0.39, 0.29) is 12.5 Å². The third-order valence-corrected chi connectivity index (χ3v) is 3.11. The van der Waals surface area contributed by atoms with E-state index in [4.69, 9.17) is 0 Å². The molecule has 0 aliphatic heterocycles. The Morgan fingerprint density at radius 1 is 1.27 bits per heavy atom. The fourth-order valence-electron chi connectivity index (χ4n) is 2.23. The third-order valence-electron chi connectivity index (χ3n) is 3.11. The predicted octanol–water partition coefficient (Wildman–Crippen LogP) is 1.63. The zero-order valence-electron chi connectivity index (χ0n) is 12.4. The lowest BCUT2D eigenvalue weighted by molar-refractivity contribution is -0.116. The predicted molar refractivity (Wildman–Crippen MR) is 82.0 cm³/mol. The van der Waals surface area contributed by atoms with Gasteiger partial charge in [0, 0.05) is 18.8 Å². The van der Waals surface area contributed by atoms with Crippen molar-refractivity contribution in [1.82, 2.24) is 24.5 Å². The van der Waals surface area contributed by atoms with Crippen LogP contribution in [0.15, 0.2) is 42.7 Å². The summed E-state index contributed by atoms with van der Waals surface area (Å²) in [6.07, 6.45) is 3.37. The number of benzene rings is 1. The molecule has 0 spiro atoms. The molecule has 0 unspecified atom stereocenters. The Balaban J connectivity index is 1.79. The summed E-state index contributed by atoms with van der Waals surface area (Å²) in [6.45, 7) is 2.07. The van der Waals surface area contributed by atoms with E-state index in [2.05, 4.69) is 20.5 Å². The van der Waals surface area contributed by atoms with Crippen LogP contribution in [0.2, 0.25) is 0 Å². The Bertz CT molecular complexity index is 789. The van der Waals surface area contributed by atoms with E-state index in [1.807, 2.05) is 48.0 Å². The Hall–Kier alpha value is -2.96. The minimum atomic E-state index is -0.171. The lowest BCUT2D eigenvalue weighted by Gasteiger charge is -2.07. The molecule has 7 nitrogen and oxygen atoms in total. The van der Waals surface area contributed by atoms with Crippen LogP contribution in [-0.4, -0.2) is 30.5 Å². The molecule has 2 heterocycles. The van der Waals surface area contributed by atoms with Crippen LogP contribution in [0.5, 0.6) is 0 Å². The van der Waals surface area contributed by atoms with Crippen molar-refractivity contribution in [3.05, 3.63) is 48.4 Å². The Kier molecular flexibility index (Phi) is 3.69.